The topological polar surface area (TPSA) is 48.1 Å². The standard InChI is InChI=1S/C12H9Br2ClN2O/c13-7-1-3-11(8(14)5-7)18-6-10-9(15)2-4-12(16)17-10/h1-5H,6H2,(H2,16,17). The first kappa shape index (κ1) is 13.6. The lowest BCUT2D eigenvalue weighted by Crippen LogP contribution is -2.02. The molecule has 0 aliphatic rings. The van der Waals surface area contributed by atoms with Gasteiger partial charge < -0.3 is 10.5 Å². The quantitative estimate of drug-likeness (QED) is 0.841. The highest BCUT2D eigenvalue weighted by atomic mass is 79.9. The second-order valence-corrected chi connectivity index (χ2v) is 5.71. The molecular weight excluding hydrogens is 383 g/mol. The number of pyridine rings is 1. The summed E-state index contributed by atoms with van der Waals surface area (Å²) in [4.78, 5) is 4.13. The van der Waals surface area contributed by atoms with E-state index in [1.165, 1.54) is 0 Å². The highest BCUT2D eigenvalue weighted by Gasteiger charge is 2.06. The van der Waals surface area contributed by atoms with Crippen molar-refractivity contribution in [2.24, 2.45) is 0 Å². The molecule has 0 atom stereocenters. The van der Waals surface area contributed by atoms with E-state index >= 15 is 0 Å². The maximum Gasteiger partial charge on any atom is 0.134 e. The molecule has 1 aromatic carbocycles. The lowest BCUT2D eigenvalue weighted by Gasteiger charge is -2.09. The molecule has 0 saturated carbocycles. The number of nitrogens with zero attached hydrogens (tertiary/aromatic N) is 1. The molecule has 0 saturated heterocycles. The van der Waals surface area contributed by atoms with Crippen LogP contribution in [-0.2, 0) is 6.61 Å². The van der Waals surface area contributed by atoms with Crippen molar-refractivity contribution >= 4 is 49.3 Å². The van der Waals surface area contributed by atoms with Crippen molar-refractivity contribution in [2.45, 2.75) is 6.61 Å². The first-order valence-corrected chi connectivity index (χ1v) is 7.01. The van der Waals surface area contributed by atoms with Gasteiger partial charge in [-0.05, 0) is 46.3 Å². The van der Waals surface area contributed by atoms with Crippen molar-refractivity contribution in [1.82, 2.24) is 4.98 Å². The number of hydrogen-bond donors (Lipinski definition) is 1. The summed E-state index contributed by atoms with van der Waals surface area (Å²) < 4.78 is 7.48. The summed E-state index contributed by atoms with van der Waals surface area (Å²) in [6.07, 6.45) is 0. The summed E-state index contributed by atoms with van der Waals surface area (Å²) in [6.45, 7) is 0.268. The van der Waals surface area contributed by atoms with E-state index in [1.807, 2.05) is 18.2 Å². The Bertz CT molecular complexity index is 578. The summed E-state index contributed by atoms with van der Waals surface area (Å²) >= 11 is 12.8. The van der Waals surface area contributed by atoms with Gasteiger partial charge >= 0.3 is 0 Å². The van der Waals surface area contributed by atoms with Crippen molar-refractivity contribution in [3.8, 4) is 5.75 Å². The van der Waals surface area contributed by atoms with Crippen LogP contribution in [0.5, 0.6) is 5.75 Å². The number of halogens is 3. The van der Waals surface area contributed by atoms with E-state index in [1.54, 1.807) is 12.1 Å². The van der Waals surface area contributed by atoms with Gasteiger partial charge in [0, 0.05) is 4.47 Å². The van der Waals surface area contributed by atoms with Crippen LogP contribution in [0.2, 0.25) is 5.02 Å². The van der Waals surface area contributed by atoms with Gasteiger partial charge in [-0.2, -0.15) is 0 Å². The minimum absolute atomic E-state index is 0.268. The number of nitrogen functional groups attached to an aromatic ring is 1. The van der Waals surface area contributed by atoms with E-state index in [4.69, 9.17) is 22.1 Å². The molecular formula is C12H9Br2ClN2O. The van der Waals surface area contributed by atoms with Crippen LogP contribution < -0.4 is 10.5 Å². The first-order valence-electron chi connectivity index (χ1n) is 5.05. The predicted octanol–water partition coefficient (Wildman–Crippen LogP) is 4.42. The highest BCUT2D eigenvalue weighted by Crippen LogP contribution is 2.29. The third-order valence-electron chi connectivity index (χ3n) is 2.20. The zero-order valence-electron chi connectivity index (χ0n) is 9.16. The summed E-state index contributed by atoms with van der Waals surface area (Å²) in [5.74, 6) is 1.14. The lowest BCUT2D eigenvalue weighted by molar-refractivity contribution is 0.299. The maximum atomic E-state index is 6.01. The molecule has 2 aromatic rings. The van der Waals surface area contributed by atoms with Crippen LogP contribution in [0.4, 0.5) is 5.82 Å². The van der Waals surface area contributed by atoms with Crippen molar-refractivity contribution in [1.29, 1.82) is 0 Å². The average molecular weight is 392 g/mol. The van der Waals surface area contributed by atoms with Gasteiger partial charge in [0.15, 0.2) is 0 Å². The molecule has 0 radical (unpaired) electrons. The van der Waals surface area contributed by atoms with Crippen molar-refractivity contribution in [3.05, 3.63) is 50.0 Å². The summed E-state index contributed by atoms with van der Waals surface area (Å²) in [7, 11) is 0. The third-order valence-corrected chi connectivity index (χ3v) is 3.66. The van der Waals surface area contributed by atoms with Crippen LogP contribution in [-0.4, -0.2) is 4.98 Å². The summed E-state index contributed by atoms with van der Waals surface area (Å²) in [5, 5.41) is 0.539. The number of hydrogen-bond acceptors (Lipinski definition) is 3. The molecule has 2 N–H and O–H groups in total. The van der Waals surface area contributed by atoms with Gasteiger partial charge in [0.1, 0.15) is 18.2 Å². The molecule has 6 heteroatoms. The predicted molar refractivity (Wildman–Crippen MR) is 79.8 cm³/mol. The number of nitrogens with two attached hydrogens (primary N) is 1. The number of rotatable bonds is 3. The van der Waals surface area contributed by atoms with Gasteiger partial charge in [0.25, 0.3) is 0 Å². The van der Waals surface area contributed by atoms with E-state index in [-0.39, 0.29) is 6.61 Å². The van der Waals surface area contributed by atoms with Gasteiger partial charge in [-0.3, -0.25) is 0 Å². The van der Waals surface area contributed by atoms with Crippen LogP contribution in [0, 0.1) is 0 Å². The molecule has 0 bridgehead atoms. The fourth-order valence-electron chi connectivity index (χ4n) is 1.34. The van der Waals surface area contributed by atoms with Gasteiger partial charge in [0.2, 0.25) is 0 Å². The molecule has 0 amide bonds. The minimum Gasteiger partial charge on any atom is -0.486 e. The SMILES string of the molecule is Nc1ccc(Cl)c(COc2ccc(Br)cc2Br)n1. The minimum atomic E-state index is 0.268. The monoisotopic (exact) mass is 390 g/mol. The van der Waals surface area contributed by atoms with Crippen LogP contribution >= 0.6 is 43.5 Å². The summed E-state index contributed by atoms with van der Waals surface area (Å²) in [5.41, 5.74) is 6.22. The van der Waals surface area contributed by atoms with E-state index in [0.29, 0.717) is 16.5 Å². The third kappa shape index (κ3) is 3.37. The number of anilines is 1. The van der Waals surface area contributed by atoms with Crippen molar-refractivity contribution < 1.29 is 4.74 Å². The van der Waals surface area contributed by atoms with Gasteiger partial charge in [-0.1, -0.05) is 27.5 Å². The Hall–Kier alpha value is -0.780. The fraction of sp³-hybridized carbons (Fsp3) is 0.0833. The Morgan fingerprint density at radius 2 is 2.00 bits per heavy atom. The Morgan fingerprint density at radius 3 is 2.72 bits per heavy atom. The largest absolute Gasteiger partial charge is 0.486 e. The van der Waals surface area contributed by atoms with Crippen LogP contribution in [0.15, 0.2) is 39.3 Å². The second-order valence-electron chi connectivity index (χ2n) is 3.53. The molecule has 0 unspecified atom stereocenters. The molecule has 1 aromatic heterocycles. The average Bonchev–Trinajstić information content (AvgIpc) is 2.32. The molecule has 0 spiro atoms. The molecule has 94 valence electrons. The van der Waals surface area contributed by atoms with Gasteiger partial charge in [0.05, 0.1) is 15.2 Å². The van der Waals surface area contributed by atoms with E-state index in [9.17, 15) is 0 Å². The van der Waals surface area contributed by atoms with Crippen LogP contribution in [0.25, 0.3) is 0 Å². The molecule has 0 aliphatic heterocycles. The zero-order valence-corrected chi connectivity index (χ0v) is 13.1. The molecule has 2 rings (SSSR count). The van der Waals surface area contributed by atoms with Gasteiger partial charge in [-0.15, -0.1) is 0 Å². The molecule has 0 fully saturated rings. The highest BCUT2D eigenvalue weighted by molar-refractivity contribution is 9.11. The normalized spacial score (nSPS) is 10.4. The number of aromatic nitrogens is 1. The van der Waals surface area contributed by atoms with Crippen LogP contribution in [0.3, 0.4) is 0 Å². The Morgan fingerprint density at radius 1 is 1.22 bits per heavy atom. The molecule has 0 aliphatic carbocycles. The number of benzene rings is 1. The summed E-state index contributed by atoms with van der Waals surface area (Å²) in [6, 6.07) is 9.02. The van der Waals surface area contributed by atoms with Gasteiger partial charge in [-0.25, -0.2) is 4.98 Å². The van der Waals surface area contributed by atoms with Crippen molar-refractivity contribution in [3.63, 3.8) is 0 Å². The van der Waals surface area contributed by atoms with E-state index in [2.05, 4.69) is 36.8 Å². The molecule has 3 nitrogen and oxygen atoms in total. The second kappa shape index (κ2) is 5.91. The molecule has 18 heavy (non-hydrogen) atoms. The molecule has 1 heterocycles. The van der Waals surface area contributed by atoms with Crippen LogP contribution in [0.1, 0.15) is 5.69 Å². The fourth-order valence-corrected chi connectivity index (χ4v) is 2.66. The smallest absolute Gasteiger partial charge is 0.134 e. The number of ether oxygens (including phenoxy) is 1. The lowest BCUT2D eigenvalue weighted by atomic mass is 10.3. The first-order chi connectivity index (χ1) is 8.56. The Kier molecular flexibility index (Phi) is 4.48. The zero-order chi connectivity index (χ0) is 13.1. The van der Waals surface area contributed by atoms with Crippen molar-refractivity contribution in [2.75, 3.05) is 5.73 Å². The maximum absolute atomic E-state index is 6.01. The van der Waals surface area contributed by atoms with E-state index < -0.39 is 0 Å². The Balaban J connectivity index is 2.13. The van der Waals surface area contributed by atoms with E-state index in [0.717, 1.165) is 14.7 Å². The Labute approximate surface area is 127 Å².